The fraction of sp³-hybridized carbons (Fsp3) is 0.0909. The summed E-state index contributed by atoms with van der Waals surface area (Å²) in [5.41, 5.74) is 0.742. The Bertz CT molecular complexity index is 630. The normalized spacial score (nSPS) is 10.3. The Morgan fingerprint density at radius 3 is 2.74 bits per heavy atom. The summed E-state index contributed by atoms with van der Waals surface area (Å²) >= 11 is 7.86. The number of nitrogens with zero attached hydrogens (tertiary/aromatic N) is 1. The molecule has 8 heteroatoms. The zero-order valence-electron chi connectivity index (χ0n) is 9.61. The largest absolute Gasteiger partial charge is 0.495 e. The van der Waals surface area contributed by atoms with Crippen molar-refractivity contribution < 1.29 is 14.6 Å². The van der Waals surface area contributed by atoms with Gasteiger partial charge in [0, 0.05) is 10.5 Å². The number of carboxylic acids is 1. The van der Waals surface area contributed by atoms with Crippen molar-refractivity contribution in [2.75, 3.05) is 12.4 Å². The fourth-order valence-corrected chi connectivity index (χ4v) is 3.25. The molecule has 0 aliphatic heterocycles. The molecule has 2 rings (SSSR count). The van der Waals surface area contributed by atoms with Gasteiger partial charge in [-0.25, -0.2) is 9.78 Å². The number of benzene rings is 1. The summed E-state index contributed by atoms with van der Waals surface area (Å²) in [6.45, 7) is 0. The van der Waals surface area contributed by atoms with Gasteiger partial charge >= 0.3 is 5.97 Å². The van der Waals surface area contributed by atoms with Crippen LogP contribution in [0.5, 0.6) is 5.75 Å². The Labute approximate surface area is 129 Å². The molecule has 1 heterocycles. The number of aromatic carboxylic acids is 1. The number of nitrogens with one attached hydrogen (secondary N) is 1. The SMILES string of the molecule is COc1cc(Nc2ncc(C(=O)O)s2)c(Br)cc1Br. The summed E-state index contributed by atoms with van der Waals surface area (Å²) in [6.07, 6.45) is 1.32. The highest BCUT2D eigenvalue weighted by Gasteiger charge is 2.11. The molecule has 2 N–H and O–H groups in total. The van der Waals surface area contributed by atoms with E-state index in [2.05, 4.69) is 42.2 Å². The van der Waals surface area contributed by atoms with Crippen LogP contribution in [0.4, 0.5) is 10.8 Å². The van der Waals surface area contributed by atoms with Gasteiger partial charge in [-0.1, -0.05) is 11.3 Å². The minimum absolute atomic E-state index is 0.183. The summed E-state index contributed by atoms with van der Waals surface area (Å²) in [5, 5.41) is 12.4. The first-order chi connectivity index (χ1) is 9.01. The van der Waals surface area contributed by atoms with Crippen LogP contribution in [0.2, 0.25) is 0 Å². The van der Waals surface area contributed by atoms with Crippen molar-refractivity contribution in [3.63, 3.8) is 0 Å². The number of anilines is 2. The first kappa shape index (κ1) is 14.3. The third-order valence-corrected chi connectivity index (χ3v) is 4.38. The third-order valence-electron chi connectivity index (χ3n) is 2.20. The van der Waals surface area contributed by atoms with Gasteiger partial charge in [0.05, 0.1) is 23.5 Å². The molecule has 0 fully saturated rings. The van der Waals surface area contributed by atoms with Gasteiger partial charge in [-0.05, 0) is 37.9 Å². The topological polar surface area (TPSA) is 71.5 Å². The first-order valence-electron chi connectivity index (χ1n) is 5.00. The minimum atomic E-state index is -0.988. The van der Waals surface area contributed by atoms with Gasteiger partial charge in [0.2, 0.25) is 0 Å². The molecule has 1 aromatic heterocycles. The maximum absolute atomic E-state index is 10.8. The predicted molar refractivity (Wildman–Crippen MR) is 80.8 cm³/mol. The number of carboxylic acid groups (broad SMARTS) is 1. The van der Waals surface area contributed by atoms with Crippen LogP contribution in [-0.4, -0.2) is 23.2 Å². The quantitative estimate of drug-likeness (QED) is 0.797. The van der Waals surface area contributed by atoms with Gasteiger partial charge < -0.3 is 15.2 Å². The van der Waals surface area contributed by atoms with E-state index in [0.29, 0.717) is 10.9 Å². The number of aromatic nitrogens is 1. The van der Waals surface area contributed by atoms with Gasteiger partial charge in [-0.3, -0.25) is 0 Å². The monoisotopic (exact) mass is 406 g/mol. The standard InChI is InChI=1S/C11H8Br2N2O3S/c1-18-8-3-7(5(12)2-6(8)13)15-11-14-4-9(19-11)10(16)17/h2-4H,1H3,(H,14,15)(H,16,17). The molecule has 100 valence electrons. The second kappa shape index (κ2) is 5.89. The average Bonchev–Trinajstić information content (AvgIpc) is 2.81. The van der Waals surface area contributed by atoms with Crippen LogP contribution in [0.1, 0.15) is 9.67 Å². The molecule has 0 saturated heterocycles. The Morgan fingerprint density at radius 2 is 2.16 bits per heavy atom. The van der Waals surface area contributed by atoms with Crippen molar-refractivity contribution in [1.29, 1.82) is 0 Å². The van der Waals surface area contributed by atoms with Crippen molar-refractivity contribution >= 4 is 60.0 Å². The highest BCUT2D eigenvalue weighted by atomic mass is 79.9. The second-order valence-electron chi connectivity index (χ2n) is 3.43. The molecule has 5 nitrogen and oxygen atoms in total. The van der Waals surface area contributed by atoms with E-state index in [1.807, 2.05) is 6.07 Å². The van der Waals surface area contributed by atoms with E-state index in [9.17, 15) is 4.79 Å². The molecule has 0 bridgehead atoms. The van der Waals surface area contributed by atoms with E-state index in [4.69, 9.17) is 9.84 Å². The van der Waals surface area contributed by atoms with Crippen molar-refractivity contribution in [1.82, 2.24) is 4.98 Å². The summed E-state index contributed by atoms with van der Waals surface area (Å²) in [6, 6.07) is 3.63. The molecule has 0 unspecified atom stereocenters. The number of hydrogen-bond acceptors (Lipinski definition) is 5. The lowest BCUT2D eigenvalue weighted by Gasteiger charge is -2.09. The van der Waals surface area contributed by atoms with E-state index in [1.165, 1.54) is 6.20 Å². The van der Waals surface area contributed by atoms with Gasteiger partial charge in [0.1, 0.15) is 10.6 Å². The lowest BCUT2D eigenvalue weighted by Crippen LogP contribution is -1.93. The molecule has 1 aromatic carbocycles. The van der Waals surface area contributed by atoms with E-state index in [1.54, 1.807) is 13.2 Å². The van der Waals surface area contributed by atoms with Crippen LogP contribution in [-0.2, 0) is 0 Å². The van der Waals surface area contributed by atoms with Crippen LogP contribution >= 0.6 is 43.2 Å². The van der Waals surface area contributed by atoms with E-state index in [0.717, 1.165) is 26.0 Å². The average molecular weight is 408 g/mol. The highest BCUT2D eigenvalue weighted by molar-refractivity contribution is 9.11. The van der Waals surface area contributed by atoms with Crippen molar-refractivity contribution in [3.05, 3.63) is 32.2 Å². The fourth-order valence-electron chi connectivity index (χ4n) is 1.33. The number of methoxy groups -OCH3 is 1. The summed E-state index contributed by atoms with van der Waals surface area (Å²) in [7, 11) is 1.57. The molecule has 0 saturated carbocycles. The highest BCUT2D eigenvalue weighted by Crippen LogP contribution is 2.36. The van der Waals surface area contributed by atoms with Gasteiger partial charge in [0.15, 0.2) is 5.13 Å². The maximum atomic E-state index is 10.8. The summed E-state index contributed by atoms with van der Waals surface area (Å²) in [5.74, 6) is -0.321. The Kier molecular flexibility index (Phi) is 4.43. The van der Waals surface area contributed by atoms with Gasteiger partial charge in [0.25, 0.3) is 0 Å². The zero-order valence-corrected chi connectivity index (χ0v) is 13.6. The maximum Gasteiger partial charge on any atom is 0.347 e. The molecule has 0 spiro atoms. The number of carbonyl (C=O) groups is 1. The number of thiazole rings is 1. The Balaban J connectivity index is 2.29. The van der Waals surface area contributed by atoms with Crippen molar-refractivity contribution in [3.8, 4) is 5.75 Å². The Hall–Kier alpha value is -1.12. The summed E-state index contributed by atoms with van der Waals surface area (Å²) in [4.78, 5) is 15.0. The van der Waals surface area contributed by atoms with Gasteiger partial charge in [-0.2, -0.15) is 0 Å². The molecule has 0 radical (unpaired) electrons. The van der Waals surface area contributed by atoms with Crippen LogP contribution in [0.3, 0.4) is 0 Å². The lowest BCUT2D eigenvalue weighted by molar-refractivity contribution is 0.0702. The van der Waals surface area contributed by atoms with Crippen LogP contribution in [0.15, 0.2) is 27.3 Å². The molecule has 0 atom stereocenters. The zero-order chi connectivity index (χ0) is 14.0. The van der Waals surface area contributed by atoms with E-state index in [-0.39, 0.29) is 4.88 Å². The molecule has 0 aliphatic rings. The van der Waals surface area contributed by atoms with Crippen LogP contribution in [0.25, 0.3) is 0 Å². The van der Waals surface area contributed by atoms with E-state index < -0.39 is 5.97 Å². The van der Waals surface area contributed by atoms with Crippen LogP contribution < -0.4 is 10.1 Å². The molecule has 0 aliphatic carbocycles. The number of ether oxygens (including phenoxy) is 1. The number of rotatable bonds is 4. The second-order valence-corrected chi connectivity index (χ2v) is 6.17. The summed E-state index contributed by atoms with van der Waals surface area (Å²) < 4.78 is 6.83. The number of hydrogen-bond donors (Lipinski definition) is 2. The van der Waals surface area contributed by atoms with Gasteiger partial charge in [-0.15, -0.1) is 0 Å². The molecular formula is C11H8Br2N2O3S. The first-order valence-corrected chi connectivity index (χ1v) is 7.40. The molecule has 19 heavy (non-hydrogen) atoms. The minimum Gasteiger partial charge on any atom is -0.495 e. The lowest BCUT2D eigenvalue weighted by atomic mass is 10.3. The van der Waals surface area contributed by atoms with Crippen molar-refractivity contribution in [2.24, 2.45) is 0 Å². The molecular weight excluding hydrogens is 400 g/mol. The Morgan fingerprint density at radius 1 is 1.42 bits per heavy atom. The van der Waals surface area contributed by atoms with Crippen LogP contribution in [0, 0.1) is 0 Å². The van der Waals surface area contributed by atoms with Crippen molar-refractivity contribution in [2.45, 2.75) is 0 Å². The third kappa shape index (κ3) is 3.26. The molecule has 2 aromatic rings. The predicted octanol–water partition coefficient (Wildman–Crippen LogP) is 4.12. The molecule has 0 amide bonds. The van der Waals surface area contributed by atoms with E-state index >= 15 is 0 Å². The smallest absolute Gasteiger partial charge is 0.347 e. The number of halogens is 2.